The van der Waals surface area contributed by atoms with Crippen molar-refractivity contribution in [2.75, 3.05) is 30.3 Å². The Labute approximate surface area is 120 Å². The Hall–Kier alpha value is -1.71. The lowest BCUT2D eigenvalue weighted by atomic mass is 10.0. The number of carbonyl (C=O) groups is 1. The van der Waals surface area contributed by atoms with E-state index in [-0.39, 0.29) is 5.91 Å². The van der Waals surface area contributed by atoms with Gasteiger partial charge in [-0.1, -0.05) is 12.1 Å². The molecule has 0 aromatic heterocycles. The van der Waals surface area contributed by atoms with Gasteiger partial charge in [-0.15, -0.1) is 0 Å². The topological polar surface area (TPSA) is 49.6 Å². The van der Waals surface area contributed by atoms with Gasteiger partial charge in [0.2, 0.25) is 5.91 Å². The molecule has 4 heteroatoms. The monoisotopic (exact) mass is 273 g/mol. The molecule has 0 spiro atoms. The molecular weight excluding hydrogens is 250 g/mol. The maximum Gasteiger partial charge on any atom is 0.242 e. The van der Waals surface area contributed by atoms with E-state index in [2.05, 4.69) is 17.9 Å². The first-order valence-corrected chi connectivity index (χ1v) is 7.58. The summed E-state index contributed by atoms with van der Waals surface area (Å²) in [5, 5.41) is 0. The largest absolute Gasteiger partial charge is 0.397 e. The van der Waals surface area contributed by atoms with Crippen LogP contribution in [-0.2, 0) is 11.2 Å². The van der Waals surface area contributed by atoms with Crippen LogP contribution in [0.3, 0.4) is 0 Å². The minimum Gasteiger partial charge on any atom is -0.397 e. The fraction of sp³-hybridized carbons (Fsp3) is 0.562. The Morgan fingerprint density at radius 3 is 3.00 bits per heavy atom. The summed E-state index contributed by atoms with van der Waals surface area (Å²) in [4.78, 5) is 16.7. The van der Waals surface area contributed by atoms with E-state index in [1.165, 1.54) is 12.0 Å². The van der Waals surface area contributed by atoms with Crippen LogP contribution in [0, 0.1) is 0 Å². The Morgan fingerprint density at radius 1 is 1.35 bits per heavy atom. The number of likely N-dealkylation sites (tertiary alicyclic amines) is 1. The number of nitrogens with zero attached hydrogens (tertiary/aromatic N) is 2. The Bertz CT molecular complexity index is 514. The van der Waals surface area contributed by atoms with Gasteiger partial charge in [0.05, 0.1) is 17.9 Å². The number of rotatable bonds is 2. The molecule has 1 aromatic carbocycles. The second-order valence-corrected chi connectivity index (χ2v) is 5.96. The van der Waals surface area contributed by atoms with Gasteiger partial charge in [-0.3, -0.25) is 4.79 Å². The molecule has 2 aliphatic rings. The highest BCUT2D eigenvalue weighted by Crippen LogP contribution is 2.33. The summed E-state index contributed by atoms with van der Waals surface area (Å²) in [5.41, 5.74) is 9.21. The molecule has 1 atom stereocenters. The molecule has 0 bridgehead atoms. The number of hydrogen-bond acceptors (Lipinski definition) is 3. The van der Waals surface area contributed by atoms with Crippen LogP contribution in [0.2, 0.25) is 0 Å². The second kappa shape index (κ2) is 5.35. The van der Waals surface area contributed by atoms with E-state index < -0.39 is 0 Å². The minimum atomic E-state index is 0.244. The quantitative estimate of drug-likeness (QED) is 0.839. The number of nitrogen functional groups attached to an aromatic ring is 1. The highest BCUT2D eigenvalue weighted by molar-refractivity contribution is 5.85. The van der Waals surface area contributed by atoms with Crippen molar-refractivity contribution in [2.45, 2.75) is 38.6 Å². The van der Waals surface area contributed by atoms with Gasteiger partial charge in [0.15, 0.2) is 0 Å². The molecule has 1 fully saturated rings. The van der Waals surface area contributed by atoms with Crippen LogP contribution in [0.1, 0.15) is 31.7 Å². The van der Waals surface area contributed by atoms with Gasteiger partial charge < -0.3 is 15.5 Å². The molecule has 1 aromatic rings. The van der Waals surface area contributed by atoms with Crippen molar-refractivity contribution in [3.8, 4) is 0 Å². The third-order valence-electron chi connectivity index (χ3n) is 4.57. The summed E-state index contributed by atoms with van der Waals surface area (Å²) < 4.78 is 0. The lowest BCUT2D eigenvalue weighted by Gasteiger charge is -2.35. The Morgan fingerprint density at radius 2 is 2.20 bits per heavy atom. The minimum absolute atomic E-state index is 0.244. The number of piperidine rings is 1. The van der Waals surface area contributed by atoms with E-state index in [1.807, 2.05) is 17.0 Å². The lowest BCUT2D eigenvalue weighted by Crippen LogP contribution is -2.46. The van der Waals surface area contributed by atoms with Crippen molar-refractivity contribution >= 4 is 17.3 Å². The van der Waals surface area contributed by atoms with Crippen LogP contribution in [0.15, 0.2) is 18.2 Å². The number of amides is 1. The molecule has 2 heterocycles. The van der Waals surface area contributed by atoms with Gasteiger partial charge in [0, 0.05) is 19.1 Å². The molecule has 2 N–H and O–H groups in total. The normalized spacial score (nSPS) is 21.9. The maximum absolute atomic E-state index is 12.5. The fourth-order valence-corrected chi connectivity index (χ4v) is 3.45. The van der Waals surface area contributed by atoms with Gasteiger partial charge in [0.25, 0.3) is 0 Å². The second-order valence-electron chi connectivity index (χ2n) is 5.96. The molecular formula is C16H23N3O. The highest BCUT2D eigenvalue weighted by atomic mass is 16.2. The first-order valence-electron chi connectivity index (χ1n) is 7.58. The summed E-state index contributed by atoms with van der Waals surface area (Å²) in [7, 11) is 0. The number of benzene rings is 1. The fourth-order valence-electron chi connectivity index (χ4n) is 3.45. The average Bonchev–Trinajstić information content (AvgIpc) is 2.84. The molecule has 108 valence electrons. The first-order chi connectivity index (χ1) is 9.66. The summed E-state index contributed by atoms with van der Waals surface area (Å²) in [5.74, 6) is 0.244. The number of para-hydroxylation sites is 1. The molecule has 20 heavy (non-hydrogen) atoms. The smallest absolute Gasteiger partial charge is 0.242 e. The van der Waals surface area contributed by atoms with Crippen molar-refractivity contribution in [3.63, 3.8) is 0 Å². The van der Waals surface area contributed by atoms with Crippen LogP contribution in [0.5, 0.6) is 0 Å². The zero-order valence-corrected chi connectivity index (χ0v) is 12.1. The summed E-state index contributed by atoms with van der Waals surface area (Å²) >= 11 is 0. The van der Waals surface area contributed by atoms with Crippen molar-refractivity contribution in [1.29, 1.82) is 0 Å². The highest BCUT2D eigenvalue weighted by Gasteiger charge is 2.28. The van der Waals surface area contributed by atoms with E-state index in [0.717, 1.165) is 43.7 Å². The van der Waals surface area contributed by atoms with Crippen molar-refractivity contribution in [3.05, 3.63) is 23.8 Å². The molecule has 4 nitrogen and oxygen atoms in total. The van der Waals surface area contributed by atoms with Crippen LogP contribution in [0.25, 0.3) is 0 Å². The van der Waals surface area contributed by atoms with E-state index in [0.29, 0.717) is 12.6 Å². The molecule has 1 saturated heterocycles. The van der Waals surface area contributed by atoms with Crippen molar-refractivity contribution in [1.82, 2.24) is 4.90 Å². The number of carbonyl (C=O) groups excluding carboxylic acids is 1. The maximum atomic E-state index is 12.5. The Kier molecular flexibility index (Phi) is 3.55. The van der Waals surface area contributed by atoms with Gasteiger partial charge in [-0.2, -0.15) is 0 Å². The van der Waals surface area contributed by atoms with Gasteiger partial charge in [-0.05, 0) is 44.2 Å². The molecule has 0 aliphatic carbocycles. The summed E-state index contributed by atoms with van der Waals surface area (Å²) in [6.07, 6.45) is 4.49. The number of fused-ring (bicyclic) bond motifs is 1. The molecule has 3 rings (SSSR count). The van der Waals surface area contributed by atoms with Crippen LogP contribution in [0.4, 0.5) is 11.4 Å². The third-order valence-corrected chi connectivity index (χ3v) is 4.57. The van der Waals surface area contributed by atoms with Crippen LogP contribution < -0.4 is 10.6 Å². The zero-order valence-electron chi connectivity index (χ0n) is 12.1. The van der Waals surface area contributed by atoms with Crippen molar-refractivity contribution < 1.29 is 4.79 Å². The average molecular weight is 273 g/mol. The number of anilines is 2. The third kappa shape index (κ3) is 2.35. The lowest BCUT2D eigenvalue weighted by molar-refractivity contribution is -0.132. The van der Waals surface area contributed by atoms with Gasteiger partial charge in [-0.25, -0.2) is 0 Å². The molecule has 2 aliphatic heterocycles. The van der Waals surface area contributed by atoms with E-state index >= 15 is 0 Å². The molecule has 1 unspecified atom stereocenters. The van der Waals surface area contributed by atoms with Gasteiger partial charge >= 0.3 is 0 Å². The van der Waals surface area contributed by atoms with E-state index in [9.17, 15) is 4.79 Å². The summed E-state index contributed by atoms with van der Waals surface area (Å²) in [6.45, 7) is 4.43. The zero-order chi connectivity index (χ0) is 14.1. The Balaban J connectivity index is 1.72. The van der Waals surface area contributed by atoms with Crippen molar-refractivity contribution in [2.24, 2.45) is 0 Å². The first kappa shape index (κ1) is 13.3. The molecule has 1 amide bonds. The predicted molar refractivity (Wildman–Crippen MR) is 81.8 cm³/mol. The predicted octanol–water partition coefficient (Wildman–Crippen LogP) is 2.03. The van der Waals surface area contributed by atoms with E-state index in [4.69, 9.17) is 5.73 Å². The molecule has 0 saturated carbocycles. The van der Waals surface area contributed by atoms with Crippen LogP contribution >= 0.6 is 0 Å². The SMILES string of the molecule is CC1CCCCN1C(=O)CN1CCc2cccc(N)c21. The summed E-state index contributed by atoms with van der Waals surface area (Å²) in [6, 6.07) is 6.41. The van der Waals surface area contributed by atoms with Gasteiger partial charge in [0.1, 0.15) is 0 Å². The van der Waals surface area contributed by atoms with E-state index in [1.54, 1.807) is 0 Å². The number of nitrogens with two attached hydrogens (primary N) is 1. The molecule has 0 radical (unpaired) electrons. The standard InChI is InChI=1S/C16H23N3O/c1-12-5-2-3-9-19(12)15(20)11-18-10-8-13-6-4-7-14(17)16(13)18/h4,6-7,12H,2-3,5,8-11,17H2,1H3. The van der Waals surface area contributed by atoms with Crippen LogP contribution in [-0.4, -0.2) is 36.5 Å². The number of hydrogen-bond donors (Lipinski definition) is 1.